The molecule has 2 heterocycles. The van der Waals surface area contributed by atoms with Crippen molar-refractivity contribution in [1.29, 1.82) is 0 Å². The Morgan fingerprint density at radius 1 is 1.48 bits per heavy atom. The minimum absolute atomic E-state index is 0.0259. The van der Waals surface area contributed by atoms with Crippen LogP contribution in [0.1, 0.15) is 31.2 Å². The molecule has 0 fully saturated rings. The zero-order valence-corrected chi connectivity index (χ0v) is 13.3. The summed E-state index contributed by atoms with van der Waals surface area (Å²) in [4.78, 5) is 15.1. The van der Waals surface area contributed by atoms with Crippen molar-refractivity contribution in [2.45, 2.75) is 37.9 Å². The maximum Gasteiger partial charge on any atom is 0.313 e. The van der Waals surface area contributed by atoms with Gasteiger partial charge in [0.15, 0.2) is 5.16 Å². The van der Waals surface area contributed by atoms with Gasteiger partial charge < -0.3 is 9.67 Å². The molecule has 0 amide bonds. The molecule has 2 aromatic heterocycles. The summed E-state index contributed by atoms with van der Waals surface area (Å²) in [7, 11) is 1.90. The van der Waals surface area contributed by atoms with Gasteiger partial charge in [0.05, 0.1) is 11.4 Å². The summed E-state index contributed by atoms with van der Waals surface area (Å²) in [6.07, 6.45) is 4.57. The van der Waals surface area contributed by atoms with E-state index >= 15 is 0 Å². The van der Waals surface area contributed by atoms with E-state index in [1.807, 2.05) is 25.5 Å². The molecule has 0 aliphatic rings. The maximum absolute atomic E-state index is 10.7. The number of thioether (sulfide) groups is 1. The molecule has 0 radical (unpaired) electrons. The van der Waals surface area contributed by atoms with Gasteiger partial charge in [-0.05, 0) is 12.0 Å². The molecule has 0 atom stereocenters. The monoisotopic (exact) mass is 308 g/mol. The van der Waals surface area contributed by atoms with Crippen molar-refractivity contribution in [3.8, 4) is 0 Å². The number of carboxylic acids is 1. The molecular weight excluding hydrogens is 288 g/mol. The standard InChI is InChI=1S/C14H20N4O2S/c1-10(2)12-8-15-14(21-9-13(19)20)18(12)7-5-11-4-6-17(3)16-11/h4,6,8,10H,5,7,9H2,1-3H3,(H,19,20). The summed E-state index contributed by atoms with van der Waals surface area (Å²) in [5.74, 6) is -0.455. The molecule has 2 aromatic rings. The number of rotatable bonds is 7. The first-order valence-corrected chi connectivity index (χ1v) is 7.84. The minimum atomic E-state index is -0.828. The highest BCUT2D eigenvalue weighted by Crippen LogP contribution is 2.23. The molecule has 6 nitrogen and oxygen atoms in total. The van der Waals surface area contributed by atoms with Gasteiger partial charge in [0.1, 0.15) is 0 Å². The van der Waals surface area contributed by atoms with Crippen LogP contribution >= 0.6 is 11.8 Å². The van der Waals surface area contributed by atoms with Gasteiger partial charge in [-0.1, -0.05) is 25.6 Å². The zero-order chi connectivity index (χ0) is 15.4. The molecule has 0 unspecified atom stereocenters. The molecule has 2 rings (SSSR count). The number of aromatic nitrogens is 4. The molecule has 0 aliphatic heterocycles. The van der Waals surface area contributed by atoms with Gasteiger partial charge in [0.2, 0.25) is 0 Å². The van der Waals surface area contributed by atoms with Crippen LogP contribution in [0.4, 0.5) is 0 Å². The van der Waals surface area contributed by atoms with Crippen LogP contribution in [0.3, 0.4) is 0 Å². The van der Waals surface area contributed by atoms with Crippen LogP contribution in [0.25, 0.3) is 0 Å². The first kappa shape index (κ1) is 15.6. The number of carbonyl (C=O) groups is 1. The molecule has 0 saturated heterocycles. The Bertz CT molecular complexity index is 618. The van der Waals surface area contributed by atoms with Crippen LogP contribution in [0.5, 0.6) is 0 Å². The first-order valence-electron chi connectivity index (χ1n) is 6.86. The molecule has 114 valence electrons. The van der Waals surface area contributed by atoms with E-state index in [9.17, 15) is 4.79 Å². The lowest BCUT2D eigenvalue weighted by Gasteiger charge is -2.12. The first-order chi connectivity index (χ1) is 9.97. The van der Waals surface area contributed by atoms with Gasteiger partial charge >= 0.3 is 5.97 Å². The molecule has 0 saturated carbocycles. The Morgan fingerprint density at radius 2 is 2.24 bits per heavy atom. The third-order valence-electron chi connectivity index (χ3n) is 3.13. The van der Waals surface area contributed by atoms with E-state index in [0.29, 0.717) is 5.92 Å². The van der Waals surface area contributed by atoms with E-state index in [0.717, 1.165) is 29.5 Å². The molecule has 0 aliphatic carbocycles. The predicted molar refractivity (Wildman–Crippen MR) is 81.6 cm³/mol. The summed E-state index contributed by atoms with van der Waals surface area (Å²) < 4.78 is 3.89. The number of imidazole rings is 1. The molecular formula is C14H20N4O2S. The smallest absolute Gasteiger partial charge is 0.313 e. The number of hydrogen-bond acceptors (Lipinski definition) is 4. The summed E-state index contributed by atoms with van der Waals surface area (Å²) in [6.45, 7) is 4.98. The van der Waals surface area contributed by atoms with E-state index in [4.69, 9.17) is 5.11 Å². The van der Waals surface area contributed by atoms with E-state index in [2.05, 4.69) is 28.5 Å². The van der Waals surface area contributed by atoms with Crippen LogP contribution in [-0.4, -0.2) is 36.2 Å². The molecule has 0 bridgehead atoms. The molecule has 7 heteroatoms. The van der Waals surface area contributed by atoms with Crippen LogP contribution < -0.4 is 0 Å². The van der Waals surface area contributed by atoms with Gasteiger partial charge in [0.25, 0.3) is 0 Å². The lowest BCUT2D eigenvalue weighted by atomic mass is 10.1. The second kappa shape index (κ2) is 6.80. The van der Waals surface area contributed by atoms with Gasteiger partial charge in [-0.25, -0.2) is 4.98 Å². The topological polar surface area (TPSA) is 72.9 Å². The van der Waals surface area contributed by atoms with E-state index in [1.54, 1.807) is 4.68 Å². The van der Waals surface area contributed by atoms with Crippen molar-refractivity contribution in [1.82, 2.24) is 19.3 Å². The van der Waals surface area contributed by atoms with E-state index in [-0.39, 0.29) is 5.75 Å². The number of carboxylic acid groups (broad SMARTS) is 1. The summed E-state index contributed by atoms with van der Waals surface area (Å²) in [6, 6.07) is 2.00. The quantitative estimate of drug-likeness (QED) is 0.794. The van der Waals surface area contributed by atoms with Crippen molar-refractivity contribution < 1.29 is 9.90 Å². The lowest BCUT2D eigenvalue weighted by Crippen LogP contribution is -2.10. The fourth-order valence-electron chi connectivity index (χ4n) is 2.12. The predicted octanol–water partition coefficient (Wildman–Crippen LogP) is 2.16. The highest BCUT2D eigenvalue weighted by molar-refractivity contribution is 7.99. The van der Waals surface area contributed by atoms with Crippen LogP contribution in [-0.2, 0) is 24.8 Å². The van der Waals surface area contributed by atoms with Crippen molar-refractivity contribution in [3.05, 3.63) is 29.8 Å². The molecule has 21 heavy (non-hydrogen) atoms. The third-order valence-corrected chi connectivity index (χ3v) is 4.10. The Balaban J connectivity index is 2.13. The average Bonchev–Trinajstić information content (AvgIpc) is 2.99. The van der Waals surface area contributed by atoms with Gasteiger partial charge in [-0.3, -0.25) is 9.48 Å². The van der Waals surface area contributed by atoms with Crippen molar-refractivity contribution in [2.75, 3.05) is 5.75 Å². The van der Waals surface area contributed by atoms with Gasteiger partial charge in [0, 0.05) is 38.1 Å². The Labute approximate surface area is 128 Å². The normalized spacial score (nSPS) is 11.2. The zero-order valence-electron chi connectivity index (χ0n) is 12.5. The Kier molecular flexibility index (Phi) is 5.06. The molecule has 0 aromatic carbocycles. The van der Waals surface area contributed by atoms with Crippen LogP contribution in [0.15, 0.2) is 23.6 Å². The second-order valence-corrected chi connectivity index (χ2v) is 6.13. The van der Waals surface area contributed by atoms with E-state index < -0.39 is 5.97 Å². The summed E-state index contributed by atoms with van der Waals surface area (Å²) >= 11 is 1.26. The lowest BCUT2D eigenvalue weighted by molar-refractivity contribution is -0.133. The molecule has 0 spiro atoms. The minimum Gasteiger partial charge on any atom is -0.481 e. The Hall–Kier alpha value is -1.76. The highest BCUT2D eigenvalue weighted by atomic mass is 32.2. The number of hydrogen-bond donors (Lipinski definition) is 1. The SMILES string of the molecule is CC(C)c1cnc(SCC(=O)O)n1CCc1ccn(C)n1. The second-order valence-electron chi connectivity index (χ2n) is 5.19. The van der Waals surface area contributed by atoms with Crippen LogP contribution in [0, 0.1) is 0 Å². The summed E-state index contributed by atoms with van der Waals surface area (Å²) in [5, 5.41) is 14.0. The number of aliphatic carboxylic acids is 1. The van der Waals surface area contributed by atoms with Crippen LogP contribution in [0.2, 0.25) is 0 Å². The Morgan fingerprint density at radius 3 is 2.81 bits per heavy atom. The van der Waals surface area contributed by atoms with E-state index in [1.165, 1.54) is 11.8 Å². The average molecular weight is 308 g/mol. The fraction of sp³-hybridized carbons (Fsp3) is 0.500. The van der Waals surface area contributed by atoms with Gasteiger partial charge in [-0.2, -0.15) is 5.10 Å². The summed E-state index contributed by atoms with van der Waals surface area (Å²) in [5.41, 5.74) is 2.15. The van der Waals surface area contributed by atoms with Crippen molar-refractivity contribution in [2.24, 2.45) is 7.05 Å². The molecule has 1 N–H and O–H groups in total. The number of aryl methyl sites for hydroxylation is 2. The fourth-order valence-corrected chi connectivity index (χ4v) is 2.85. The van der Waals surface area contributed by atoms with Crippen molar-refractivity contribution in [3.63, 3.8) is 0 Å². The maximum atomic E-state index is 10.7. The third kappa shape index (κ3) is 4.10. The highest BCUT2D eigenvalue weighted by Gasteiger charge is 2.14. The van der Waals surface area contributed by atoms with Crippen molar-refractivity contribution >= 4 is 17.7 Å². The number of nitrogens with zero attached hydrogens (tertiary/aromatic N) is 4. The largest absolute Gasteiger partial charge is 0.481 e. The van der Waals surface area contributed by atoms with Gasteiger partial charge in [-0.15, -0.1) is 0 Å².